The Morgan fingerprint density at radius 3 is 2.31 bits per heavy atom. The molecule has 52 heavy (non-hydrogen) atoms. The van der Waals surface area contributed by atoms with E-state index in [-0.39, 0.29) is 10.5 Å². The quantitative estimate of drug-likeness (QED) is 0.0875. The highest BCUT2D eigenvalue weighted by atomic mass is 32.2. The number of aromatic hydroxyl groups is 1. The number of hydrogen-bond donors (Lipinski definition) is 3. The SMILES string of the molecule is CN1/C(=C/C=C2\CCC(/C=C/C3=[N+](C)c4ccc(SOOO)cc4C3(C)C)=C2c2c(O)n(C)c(=O)n(C)c2=O)C(C)(C)c2cc(S(=O)(=O)O)ccc21. The fourth-order valence-corrected chi connectivity index (χ4v) is 8.59. The van der Waals surface area contributed by atoms with Gasteiger partial charge in [-0.05, 0) is 85.4 Å². The monoisotopic (exact) mass is 749 g/mol. The number of anilines is 1. The average molecular weight is 750 g/mol. The summed E-state index contributed by atoms with van der Waals surface area (Å²) in [5.41, 5.74) is 5.12. The lowest BCUT2D eigenvalue weighted by Gasteiger charge is -2.24. The van der Waals surface area contributed by atoms with Crippen molar-refractivity contribution in [1.29, 1.82) is 0 Å². The molecule has 3 aromatic rings. The minimum atomic E-state index is -4.41. The summed E-state index contributed by atoms with van der Waals surface area (Å²) in [7, 11) is 2.24. The molecule has 0 bridgehead atoms. The van der Waals surface area contributed by atoms with Gasteiger partial charge < -0.3 is 10.0 Å². The molecule has 15 heteroatoms. The fourth-order valence-electron chi connectivity index (χ4n) is 7.69. The Labute approximate surface area is 305 Å². The summed E-state index contributed by atoms with van der Waals surface area (Å²) >= 11 is 0.886. The highest BCUT2D eigenvalue weighted by molar-refractivity contribution is 7.94. The number of nitrogens with zero attached hydrogens (tertiary/aromatic N) is 4. The van der Waals surface area contributed by atoms with E-state index in [0.29, 0.717) is 18.4 Å². The first-order valence-electron chi connectivity index (χ1n) is 16.4. The number of fused-ring (bicyclic) bond motifs is 2. The third-order valence-corrected chi connectivity index (χ3v) is 12.0. The minimum Gasteiger partial charge on any atom is -0.494 e. The summed E-state index contributed by atoms with van der Waals surface area (Å²) in [4.78, 5) is 29.0. The van der Waals surface area contributed by atoms with Crippen molar-refractivity contribution >= 4 is 44.8 Å². The van der Waals surface area contributed by atoms with Crippen molar-refractivity contribution in [3.05, 3.63) is 115 Å². The predicted octanol–water partition coefficient (Wildman–Crippen LogP) is 5.51. The summed E-state index contributed by atoms with van der Waals surface area (Å²) in [5.74, 6) is -0.435. The van der Waals surface area contributed by atoms with Gasteiger partial charge in [0.05, 0.1) is 22.4 Å². The number of likely N-dealkylation sites (N-methyl/N-ethyl adjacent to an activating group) is 1. The molecule has 3 aliphatic rings. The second-order valence-corrected chi connectivity index (χ2v) is 16.4. The first-order chi connectivity index (χ1) is 24.3. The molecular weight excluding hydrogens is 709 g/mol. The normalized spacial score (nSPS) is 19.5. The Morgan fingerprint density at radius 2 is 1.63 bits per heavy atom. The second kappa shape index (κ2) is 13.2. The molecule has 6 rings (SSSR count). The maximum absolute atomic E-state index is 13.8. The smallest absolute Gasteiger partial charge is 0.333 e. The van der Waals surface area contributed by atoms with Gasteiger partial charge in [-0.25, -0.2) is 10.1 Å². The molecule has 2 aliphatic heterocycles. The van der Waals surface area contributed by atoms with Crippen LogP contribution in [0.1, 0.15) is 57.2 Å². The van der Waals surface area contributed by atoms with Crippen LogP contribution in [0.15, 0.2) is 96.9 Å². The van der Waals surface area contributed by atoms with Crippen LogP contribution in [0.2, 0.25) is 0 Å². The Bertz CT molecular complexity index is 2430. The zero-order chi connectivity index (χ0) is 38.1. The molecule has 0 spiro atoms. The van der Waals surface area contributed by atoms with E-state index in [9.17, 15) is 27.7 Å². The van der Waals surface area contributed by atoms with Gasteiger partial charge in [-0.15, -0.1) is 4.33 Å². The molecule has 0 saturated heterocycles. The molecule has 3 heterocycles. The molecule has 0 amide bonds. The average Bonchev–Trinajstić information content (AvgIpc) is 3.64. The first-order valence-corrected chi connectivity index (χ1v) is 18.6. The van der Waals surface area contributed by atoms with Crippen molar-refractivity contribution in [2.75, 3.05) is 19.0 Å². The van der Waals surface area contributed by atoms with Crippen LogP contribution in [-0.2, 0) is 44.4 Å². The molecule has 3 N–H and O–H groups in total. The topological polar surface area (TPSA) is 164 Å². The van der Waals surface area contributed by atoms with E-state index in [1.165, 1.54) is 26.2 Å². The van der Waals surface area contributed by atoms with Crippen molar-refractivity contribution < 1.29 is 37.3 Å². The number of hydrogen-bond acceptors (Lipinski definition) is 10. The maximum Gasteiger partial charge on any atom is 0.333 e. The van der Waals surface area contributed by atoms with Gasteiger partial charge in [-0.1, -0.05) is 31.0 Å². The maximum atomic E-state index is 13.8. The van der Waals surface area contributed by atoms with Crippen LogP contribution in [-0.4, -0.2) is 56.9 Å². The largest absolute Gasteiger partial charge is 0.494 e. The molecule has 0 unspecified atom stereocenters. The van der Waals surface area contributed by atoms with Crippen LogP contribution in [0.4, 0.5) is 11.4 Å². The van der Waals surface area contributed by atoms with E-state index in [4.69, 9.17) is 5.26 Å². The molecule has 1 aliphatic carbocycles. The van der Waals surface area contributed by atoms with E-state index in [1.807, 2.05) is 75.3 Å². The van der Waals surface area contributed by atoms with E-state index in [0.717, 1.165) is 71.1 Å². The van der Waals surface area contributed by atoms with Crippen LogP contribution in [0.3, 0.4) is 0 Å². The van der Waals surface area contributed by atoms with Gasteiger partial charge in [0.25, 0.3) is 15.7 Å². The lowest BCUT2D eigenvalue weighted by atomic mass is 9.81. The van der Waals surface area contributed by atoms with Crippen LogP contribution in [0.5, 0.6) is 5.88 Å². The molecule has 1 aromatic heterocycles. The lowest BCUT2D eigenvalue weighted by Crippen LogP contribution is -2.38. The van der Waals surface area contributed by atoms with Crippen molar-refractivity contribution in [1.82, 2.24) is 9.13 Å². The van der Waals surface area contributed by atoms with Crippen molar-refractivity contribution in [3.63, 3.8) is 0 Å². The van der Waals surface area contributed by atoms with Crippen LogP contribution in [0.25, 0.3) is 5.57 Å². The third kappa shape index (κ3) is 6.00. The van der Waals surface area contributed by atoms with Crippen molar-refractivity contribution in [2.24, 2.45) is 14.1 Å². The fraction of sp³-hybridized carbons (Fsp3) is 0.324. The third-order valence-electron chi connectivity index (χ3n) is 10.5. The van der Waals surface area contributed by atoms with Crippen molar-refractivity contribution in [2.45, 2.75) is 61.2 Å². The molecule has 0 fully saturated rings. The van der Waals surface area contributed by atoms with E-state index >= 15 is 0 Å². The molecular formula is C37H41N4O9S2+. The standard InChI is InChI=1S/C37H40N4O9S2/c1-36(2)25-19-23(51-50-49-45)13-15-27(25)38(5)29(36)17-11-21-9-10-22(31(21)32-33(42)40(7)35(44)41(8)34(32)43)12-18-30-37(3,4)26-20-24(52(46,47)48)14-16-28(26)39(30)6/h11-20H,9-10H2,1-8H3,(H2,45,46,47,48)/p+1/b22-12+,30-18+. The lowest BCUT2D eigenvalue weighted by molar-refractivity contribution is -0.432. The Kier molecular flexibility index (Phi) is 9.43. The van der Waals surface area contributed by atoms with Gasteiger partial charge in [0.15, 0.2) is 5.71 Å². The molecule has 274 valence electrons. The van der Waals surface area contributed by atoms with Gasteiger partial charge >= 0.3 is 5.69 Å². The van der Waals surface area contributed by atoms with Crippen LogP contribution >= 0.6 is 12.0 Å². The predicted molar refractivity (Wildman–Crippen MR) is 199 cm³/mol. The summed E-state index contributed by atoms with van der Waals surface area (Å²) in [5, 5.41) is 23.7. The van der Waals surface area contributed by atoms with Gasteiger partial charge in [0.2, 0.25) is 11.6 Å². The number of aromatic nitrogens is 2. The van der Waals surface area contributed by atoms with Gasteiger partial charge in [-0.3, -0.25) is 18.5 Å². The Hall–Kier alpha value is -4.51. The first kappa shape index (κ1) is 37.3. The summed E-state index contributed by atoms with van der Waals surface area (Å²) in [6, 6.07) is 10.3. The minimum absolute atomic E-state index is 0.0200. The molecule has 0 radical (unpaired) electrons. The van der Waals surface area contributed by atoms with E-state index < -0.39 is 38.1 Å². The molecule has 0 saturated carbocycles. The van der Waals surface area contributed by atoms with Gasteiger partial charge in [-0.2, -0.15) is 13.0 Å². The van der Waals surface area contributed by atoms with Crippen LogP contribution in [0, 0.1) is 0 Å². The molecule has 2 aromatic carbocycles. The van der Waals surface area contributed by atoms with E-state index in [2.05, 4.69) is 27.8 Å². The molecule has 0 atom stereocenters. The van der Waals surface area contributed by atoms with Crippen LogP contribution < -0.4 is 16.1 Å². The molecule has 13 nitrogen and oxygen atoms in total. The number of allylic oxidation sites excluding steroid dienone is 8. The second-order valence-electron chi connectivity index (χ2n) is 14.2. The Morgan fingerprint density at radius 1 is 0.923 bits per heavy atom. The summed E-state index contributed by atoms with van der Waals surface area (Å²) in [6.45, 7) is 8.12. The van der Waals surface area contributed by atoms with Gasteiger partial charge in [0, 0.05) is 60.5 Å². The zero-order valence-electron chi connectivity index (χ0n) is 30.1. The number of rotatable bonds is 8. The Balaban J connectivity index is 1.48. The van der Waals surface area contributed by atoms with E-state index in [1.54, 1.807) is 6.07 Å². The van der Waals surface area contributed by atoms with Gasteiger partial charge in [0.1, 0.15) is 12.6 Å². The summed E-state index contributed by atoms with van der Waals surface area (Å²) in [6.07, 6.45) is 8.90. The zero-order valence-corrected chi connectivity index (χ0v) is 31.7. The highest BCUT2D eigenvalue weighted by Crippen LogP contribution is 2.49. The van der Waals surface area contributed by atoms with Crippen molar-refractivity contribution in [3.8, 4) is 5.88 Å². The summed E-state index contributed by atoms with van der Waals surface area (Å²) < 4.78 is 42.4. The number of benzene rings is 2. The highest BCUT2D eigenvalue weighted by Gasteiger charge is 2.43.